The first kappa shape index (κ1) is 25.2. The second-order valence-electron chi connectivity index (χ2n) is 0. The summed E-state index contributed by atoms with van der Waals surface area (Å²) in [7, 11) is 0. The third kappa shape index (κ3) is 43.5. The number of hydrogen-bond donors (Lipinski definition) is 0. The molecule has 0 bridgehead atoms. The fourth-order valence-electron chi connectivity index (χ4n) is 0. The van der Waals surface area contributed by atoms with E-state index in [1.54, 1.807) is 0 Å². The van der Waals surface area contributed by atoms with Crippen molar-refractivity contribution in [2.45, 2.75) is 0 Å². The van der Waals surface area contributed by atoms with Crippen LogP contribution in [0.5, 0.6) is 0 Å². The van der Waals surface area contributed by atoms with Crippen molar-refractivity contribution in [3.8, 4) is 0 Å². The van der Waals surface area contributed by atoms with Gasteiger partial charge in [-0.15, -0.1) is 0 Å². The van der Waals surface area contributed by atoms with Gasteiger partial charge < -0.3 is 0 Å². The van der Waals surface area contributed by atoms with Crippen molar-refractivity contribution in [3.05, 3.63) is 0 Å². The average Bonchev–Trinajstić information content (AvgIpc) is 1.50. The molecule has 0 aromatic heterocycles. The van der Waals surface area contributed by atoms with Gasteiger partial charge in [0.05, 0.1) is 0 Å². The summed E-state index contributed by atoms with van der Waals surface area (Å²) in [5.74, 6) is 0. The minimum atomic E-state index is 0. The average molecular weight is 215 g/mol. The summed E-state index contributed by atoms with van der Waals surface area (Å²) >= 11 is 1.22. The molecule has 0 aliphatic heterocycles. The number of rotatable bonds is 0. The first-order valence-corrected chi connectivity index (χ1v) is 1.73. The van der Waals surface area contributed by atoms with Crippen molar-refractivity contribution in [1.29, 1.82) is 0 Å². The molecule has 0 rings (SSSR count). The van der Waals surface area contributed by atoms with Crippen LogP contribution >= 0.6 is 0 Å². The van der Waals surface area contributed by atoms with Gasteiger partial charge in [0, 0.05) is 34.1 Å². The molecule has 6 heavy (non-hydrogen) atoms. The zero-order valence-electron chi connectivity index (χ0n) is 2.83. The molecule has 0 spiro atoms. The Morgan fingerprint density at radius 3 is 0.667 bits per heavy atom. The van der Waals surface area contributed by atoms with Crippen LogP contribution in [-0.2, 0) is 41.7 Å². The van der Waals surface area contributed by atoms with Gasteiger partial charge in [0.15, 0.2) is 0 Å². The second-order valence-corrected chi connectivity index (χ2v) is 0. The van der Waals surface area contributed by atoms with E-state index < -0.39 is 0 Å². The van der Waals surface area contributed by atoms with E-state index in [2.05, 4.69) is 0 Å². The normalized spacial score (nSPS) is 1.00. The first-order valence-electron chi connectivity index (χ1n) is 0.577. The molecular formula is H2Al2Cu2O2. The summed E-state index contributed by atoms with van der Waals surface area (Å²) in [5, 5.41) is 0. The Labute approximate surface area is 73.6 Å². The first-order chi connectivity index (χ1) is 2.00. The van der Waals surface area contributed by atoms with E-state index >= 15 is 0 Å². The molecule has 0 aromatic rings. The molecule has 0 amide bonds. The Kier molecular flexibility index (Phi) is 316. The Morgan fingerprint density at radius 1 is 0.667 bits per heavy atom. The van der Waals surface area contributed by atoms with Crippen LogP contribution in [0.25, 0.3) is 0 Å². The Bertz CT molecular complexity index is 11.5. The standard InChI is InChI=1S/2Al.2Cu.2O.2H. The van der Waals surface area contributed by atoms with Crippen molar-refractivity contribution in [1.82, 2.24) is 0 Å². The van der Waals surface area contributed by atoms with E-state index in [4.69, 9.17) is 7.61 Å². The van der Waals surface area contributed by atoms with Crippen molar-refractivity contribution in [2.24, 2.45) is 0 Å². The summed E-state index contributed by atoms with van der Waals surface area (Å²) in [4.78, 5) is 0. The molecule has 0 saturated heterocycles. The van der Waals surface area contributed by atoms with Crippen molar-refractivity contribution in [3.63, 3.8) is 0 Å². The van der Waals surface area contributed by atoms with E-state index in [1.807, 2.05) is 0 Å². The molecule has 2 nitrogen and oxygen atoms in total. The minimum absolute atomic E-state index is 0. The predicted molar refractivity (Wildman–Crippen MR) is 15.7 cm³/mol. The van der Waals surface area contributed by atoms with Gasteiger partial charge in [0.2, 0.25) is 0 Å². The summed E-state index contributed by atoms with van der Waals surface area (Å²) in [6.07, 6.45) is 0. The van der Waals surface area contributed by atoms with Gasteiger partial charge in [0.1, 0.15) is 0 Å². The quantitative estimate of drug-likeness (QED) is 0.459. The Morgan fingerprint density at radius 2 is 0.667 bits per heavy atom. The van der Waals surface area contributed by atoms with Crippen molar-refractivity contribution in [2.75, 3.05) is 0 Å². The molecule has 0 N–H and O–H groups in total. The van der Waals surface area contributed by atoms with Crippen LogP contribution in [0.15, 0.2) is 0 Å². The van der Waals surface area contributed by atoms with Crippen LogP contribution in [0.1, 0.15) is 0 Å². The third-order valence-corrected chi connectivity index (χ3v) is 0. The maximum atomic E-state index is 8.28. The van der Waals surface area contributed by atoms with Gasteiger partial charge in [-0.25, -0.2) is 0 Å². The Hall–Kier alpha value is 1.70. The molecule has 0 unspecified atom stereocenters. The van der Waals surface area contributed by atoms with Gasteiger partial charge in [-0.05, 0) is 0 Å². The van der Waals surface area contributed by atoms with Crippen molar-refractivity contribution >= 4 is 32.4 Å². The van der Waals surface area contributed by atoms with E-state index in [0.717, 1.165) is 0 Å². The summed E-state index contributed by atoms with van der Waals surface area (Å²) in [6, 6.07) is 0. The van der Waals surface area contributed by atoms with E-state index in [1.165, 1.54) is 0 Å². The van der Waals surface area contributed by atoms with Gasteiger partial charge in [-0.1, -0.05) is 0 Å². The molecule has 0 atom stereocenters. The topological polar surface area (TPSA) is 34.1 Å². The van der Waals surface area contributed by atoms with E-state index in [-0.39, 0.29) is 34.1 Å². The summed E-state index contributed by atoms with van der Waals surface area (Å²) < 4.78 is 16.6. The van der Waals surface area contributed by atoms with Crippen LogP contribution in [0.4, 0.5) is 0 Å². The van der Waals surface area contributed by atoms with Crippen LogP contribution in [0.2, 0.25) is 0 Å². The van der Waals surface area contributed by atoms with Crippen molar-refractivity contribution < 1.29 is 41.7 Å². The van der Waals surface area contributed by atoms with Crippen LogP contribution in [0.3, 0.4) is 0 Å². The van der Waals surface area contributed by atoms with Gasteiger partial charge >= 0.3 is 40.1 Å². The van der Waals surface area contributed by atoms with Crippen LogP contribution < -0.4 is 0 Å². The van der Waals surface area contributed by atoms with E-state index in [0.29, 0.717) is 32.4 Å². The molecule has 2 radical (unpaired) electrons. The molecule has 0 aliphatic carbocycles. The third-order valence-electron chi connectivity index (χ3n) is 0. The molecule has 0 aliphatic rings. The summed E-state index contributed by atoms with van der Waals surface area (Å²) in [6.45, 7) is 0. The molecule has 0 fully saturated rings. The molecule has 42 valence electrons. The van der Waals surface area contributed by atoms with Crippen LogP contribution in [0, 0.1) is 0 Å². The van der Waals surface area contributed by atoms with Crippen LogP contribution in [-0.4, -0.2) is 32.4 Å². The molecule has 0 saturated carbocycles. The fourth-order valence-corrected chi connectivity index (χ4v) is 0. The maximum absolute atomic E-state index is 8.28. The zero-order chi connectivity index (χ0) is 4.00. The summed E-state index contributed by atoms with van der Waals surface area (Å²) in [5.41, 5.74) is 0. The Balaban J connectivity index is -0.00000000500. The van der Waals surface area contributed by atoms with Gasteiger partial charge in [0.25, 0.3) is 0 Å². The van der Waals surface area contributed by atoms with Gasteiger partial charge in [-0.2, -0.15) is 0 Å². The predicted octanol–water partition coefficient (Wildman–Crippen LogP) is -1.54. The molecular weight excluding hydrogens is 213 g/mol. The van der Waals surface area contributed by atoms with E-state index in [9.17, 15) is 0 Å². The second kappa shape index (κ2) is 75.1. The molecule has 0 heterocycles. The number of hydrogen-bond acceptors (Lipinski definition) is 2. The molecule has 0 aromatic carbocycles. The fraction of sp³-hybridized carbons (Fsp3) is 0. The van der Waals surface area contributed by atoms with Gasteiger partial charge in [-0.3, -0.25) is 0 Å². The molecule has 6 heteroatoms. The monoisotopic (exact) mass is 214 g/mol. The SMILES string of the molecule is [Cu].[Cu].[O]=[AlH].[O]=[AlH]. The zero-order valence-corrected chi connectivity index (χ0v) is 7.55.